The third-order valence-corrected chi connectivity index (χ3v) is 4.40. The predicted molar refractivity (Wildman–Crippen MR) is 84.4 cm³/mol. The van der Waals surface area contributed by atoms with Gasteiger partial charge in [-0.25, -0.2) is 9.98 Å². The average molecular weight is 289 g/mol. The van der Waals surface area contributed by atoms with Gasteiger partial charge in [0.15, 0.2) is 5.79 Å². The Bertz CT molecular complexity index is 586. The highest BCUT2D eigenvalue weighted by atomic mass is 16.5. The maximum Gasteiger partial charge on any atom is 0.187 e. The van der Waals surface area contributed by atoms with Gasteiger partial charge in [-0.05, 0) is 12.0 Å². The Morgan fingerprint density at radius 2 is 2.19 bits per heavy atom. The number of hydrogen-bond donors (Lipinski definition) is 3. The van der Waals surface area contributed by atoms with Crippen LogP contribution in [0.5, 0.6) is 0 Å². The van der Waals surface area contributed by atoms with E-state index in [1.807, 2.05) is 6.20 Å². The summed E-state index contributed by atoms with van der Waals surface area (Å²) in [4.78, 5) is 8.79. The molecule has 2 unspecified atom stereocenters. The van der Waals surface area contributed by atoms with Crippen LogP contribution >= 0.6 is 0 Å². The van der Waals surface area contributed by atoms with Crippen molar-refractivity contribution < 1.29 is 4.74 Å². The van der Waals surface area contributed by atoms with E-state index in [0.29, 0.717) is 18.3 Å². The molecule has 2 aliphatic rings. The first-order valence-corrected chi connectivity index (χ1v) is 7.30. The number of aromatic nitrogens is 1. The summed E-state index contributed by atoms with van der Waals surface area (Å²) in [5.41, 5.74) is 15.1. The molecule has 1 aromatic rings. The lowest BCUT2D eigenvalue weighted by Crippen LogP contribution is -2.57. The van der Waals surface area contributed by atoms with Crippen molar-refractivity contribution in [2.75, 3.05) is 24.3 Å². The number of ether oxygens (including phenoxy) is 1. The second kappa shape index (κ2) is 4.68. The van der Waals surface area contributed by atoms with E-state index in [-0.39, 0.29) is 5.41 Å². The van der Waals surface area contributed by atoms with Crippen LogP contribution in [0.4, 0.5) is 11.5 Å². The molecule has 0 bridgehead atoms. The number of nitrogens with one attached hydrogen (secondary N) is 1. The van der Waals surface area contributed by atoms with Crippen molar-refractivity contribution in [3.63, 3.8) is 0 Å². The zero-order chi connectivity index (χ0) is 15.3. The minimum atomic E-state index is -0.859. The Hall–Kier alpha value is -1.66. The molecule has 0 aromatic carbocycles. The van der Waals surface area contributed by atoms with Gasteiger partial charge in [-0.15, -0.1) is 0 Å². The molecule has 3 heterocycles. The first kappa shape index (κ1) is 14.3. The Balaban J connectivity index is 2.08. The summed E-state index contributed by atoms with van der Waals surface area (Å²) in [5.74, 6) is -0.0582. The van der Waals surface area contributed by atoms with Crippen LogP contribution in [0.3, 0.4) is 0 Å². The molecule has 1 fully saturated rings. The number of hydrogen-bond acceptors (Lipinski definition) is 6. The SMILES string of the molecule is CC(C)(C)C1(N)N=Cc2c(N)ncc(C3CCOC3)c2N1. The molecule has 6 nitrogen and oxygen atoms in total. The molecule has 2 atom stereocenters. The van der Waals surface area contributed by atoms with Gasteiger partial charge in [0, 0.05) is 30.4 Å². The molecular formula is C15H23N5O. The van der Waals surface area contributed by atoms with E-state index in [1.54, 1.807) is 6.21 Å². The molecule has 0 spiro atoms. The van der Waals surface area contributed by atoms with Gasteiger partial charge in [-0.3, -0.25) is 5.73 Å². The molecule has 1 aromatic heterocycles. The van der Waals surface area contributed by atoms with E-state index in [9.17, 15) is 0 Å². The van der Waals surface area contributed by atoms with Gasteiger partial charge in [0.05, 0.1) is 17.9 Å². The van der Waals surface area contributed by atoms with Crippen LogP contribution in [0.1, 0.15) is 44.2 Å². The number of pyridine rings is 1. The van der Waals surface area contributed by atoms with Crippen LogP contribution in [0.15, 0.2) is 11.2 Å². The number of aliphatic imine (C=N–C) groups is 1. The lowest BCUT2D eigenvalue weighted by atomic mass is 9.85. The topological polar surface area (TPSA) is 98.5 Å². The van der Waals surface area contributed by atoms with Crippen molar-refractivity contribution in [2.45, 2.75) is 38.9 Å². The molecule has 0 amide bonds. The molecule has 0 radical (unpaired) electrons. The quantitative estimate of drug-likeness (QED) is 0.730. The monoisotopic (exact) mass is 289 g/mol. The second-order valence-corrected chi connectivity index (χ2v) is 6.85. The van der Waals surface area contributed by atoms with Gasteiger partial charge in [0.2, 0.25) is 0 Å². The molecule has 0 saturated carbocycles. The Labute approximate surface area is 125 Å². The number of nitrogens with two attached hydrogens (primary N) is 2. The molecule has 2 aliphatic heterocycles. The van der Waals surface area contributed by atoms with Crippen LogP contribution < -0.4 is 16.8 Å². The highest BCUT2D eigenvalue weighted by Gasteiger charge is 2.41. The largest absolute Gasteiger partial charge is 0.383 e. The first-order valence-electron chi connectivity index (χ1n) is 7.30. The molecular weight excluding hydrogens is 266 g/mol. The highest BCUT2D eigenvalue weighted by molar-refractivity contribution is 5.96. The van der Waals surface area contributed by atoms with E-state index in [0.717, 1.165) is 29.8 Å². The van der Waals surface area contributed by atoms with E-state index in [4.69, 9.17) is 16.2 Å². The lowest BCUT2D eigenvalue weighted by Gasteiger charge is -2.42. The molecule has 0 aliphatic carbocycles. The van der Waals surface area contributed by atoms with Crippen molar-refractivity contribution in [1.29, 1.82) is 0 Å². The molecule has 1 saturated heterocycles. The van der Waals surface area contributed by atoms with Crippen molar-refractivity contribution in [1.82, 2.24) is 4.98 Å². The Morgan fingerprint density at radius 3 is 2.81 bits per heavy atom. The summed E-state index contributed by atoms with van der Waals surface area (Å²) in [5, 5.41) is 3.40. The number of rotatable bonds is 1. The molecule has 21 heavy (non-hydrogen) atoms. The molecule has 3 rings (SSSR count). The third kappa shape index (κ3) is 2.28. The Morgan fingerprint density at radius 1 is 1.43 bits per heavy atom. The fourth-order valence-electron chi connectivity index (χ4n) is 2.69. The summed E-state index contributed by atoms with van der Waals surface area (Å²) in [6.45, 7) is 7.68. The first-order chi connectivity index (χ1) is 9.82. The maximum absolute atomic E-state index is 6.47. The molecule has 5 N–H and O–H groups in total. The second-order valence-electron chi connectivity index (χ2n) is 6.85. The molecule has 6 heteroatoms. The summed E-state index contributed by atoms with van der Waals surface area (Å²) >= 11 is 0. The van der Waals surface area contributed by atoms with Gasteiger partial charge in [0.1, 0.15) is 5.82 Å². The lowest BCUT2D eigenvalue weighted by molar-refractivity contribution is 0.193. The van der Waals surface area contributed by atoms with Crippen molar-refractivity contribution in [3.05, 3.63) is 17.3 Å². The smallest absolute Gasteiger partial charge is 0.187 e. The van der Waals surface area contributed by atoms with Crippen LogP contribution in [-0.4, -0.2) is 30.2 Å². The third-order valence-electron chi connectivity index (χ3n) is 4.40. The summed E-state index contributed by atoms with van der Waals surface area (Å²) in [6.07, 6.45) is 4.57. The van der Waals surface area contributed by atoms with Gasteiger partial charge < -0.3 is 15.8 Å². The van der Waals surface area contributed by atoms with Gasteiger partial charge >= 0.3 is 0 Å². The Kier molecular flexibility index (Phi) is 3.18. The zero-order valence-electron chi connectivity index (χ0n) is 12.8. The van der Waals surface area contributed by atoms with Crippen LogP contribution in [0, 0.1) is 5.41 Å². The van der Waals surface area contributed by atoms with E-state index < -0.39 is 5.79 Å². The summed E-state index contributed by atoms with van der Waals surface area (Å²) in [6, 6.07) is 0. The summed E-state index contributed by atoms with van der Waals surface area (Å²) in [7, 11) is 0. The normalized spacial score (nSPS) is 28.3. The number of anilines is 2. The number of nitrogens with zero attached hydrogens (tertiary/aromatic N) is 2. The van der Waals surface area contributed by atoms with E-state index in [2.05, 4.69) is 36.1 Å². The van der Waals surface area contributed by atoms with E-state index in [1.165, 1.54) is 0 Å². The predicted octanol–water partition coefficient (Wildman–Crippen LogP) is 1.67. The van der Waals surface area contributed by atoms with Crippen LogP contribution in [0.2, 0.25) is 0 Å². The van der Waals surface area contributed by atoms with Gasteiger partial charge in [-0.2, -0.15) is 0 Å². The maximum atomic E-state index is 6.47. The van der Waals surface area contributed by atoms with Crippen molar-refractivity contribution in [3.8, 4) is 0 Å². The minimum Gasteiger partial charge on any atom is -0.383 e. The fraction of sp³-hybridized carbons (Fsp3) is 0.600. The van der Waals surface area contributed by atoms with Crippen molar-refractivity contribution >= 4 is 17.7 Å². The highest BCUT2D eigenvalue weighted by Crippen LogP contribution is 2.40. The number of fused-ring (bicyclic) bond motifs is 1. The fourth-order valence-corrected chi connectivity index (χ4v) is 2.69. The van der Waals surface area contributed by atoms with Gasteiger partial charge in [0.25, 0.3) is 0 Å². The van der Waals surface area contributed by atoms with Crippen LogP contribution in [-0.2, 0) is 4.74 Å². The number of nitrogen functional groups attached to an aromatic ring is 1. The average Bonchev–Trinajstić information content (AvgIpc) is 2.91. The zero-order valence-corrected chi connectivity index (χ0v) is 12.8. The van der Waals surface area contributed by atoms with Gasteiger partial charge in [-0.1, -0.05) is 20.8 Å². The van der Waals surface area contributed by atoms with E-state index >= 15 is 0 Å². The standard InChI is InChI=1S/C15H23N5O/c1-14(2,3)15(17)19-7-11-12(20-15)10(6-18-13(11)16)9-4-5-21-8-9/h6-7,9,20H,4-5,8,17H2,1-3H3,(H2,16,18). The van der Waals surface area contributed by atoms with Crippen LogP contribution in [0.25, 0.3) is 0 Å². The minimum absolute atomic E-state index is 0.233. The molecule has 114 valence electrons. The van der Waals surface area contributed by atoms with Crippen molar-refractivity contribution in [2.24, 2.45) is 16.1 Å². The summed E-state index contributed by atoms with van der Waals surface area (Å²) < 4.78 is 5.50.